The fourth-order valence-electron chi connectivity index (χ4n) is 2.80. The van der Waals surface area contributed by atoms with Crippen LogP contribution in [-0.4, -0.2) is 16.3 Å². The lowest BCUT2D eigenvalue weighted by molar-refractivity contribution is -0.680. The lowest BCUT2D eigenvalue weighted by atomic mass is 10.1. The van der Waals surface area contributed by atoms with Gasteiger partial charge in [-0.3, -0.25) is 9.59 Å². The fourth-order valence-corrected chi connectivity index (χ4v) is 2.80. The SMILES string of the molecule is C=Cn1c[n+]([C@H](C)C(=O)Nc2cccc(C(C)=O)c2)c2ccccc21. The number of hydrogen-bond donors (Lipinski definition) is 1. The molecule has 0 aliphatic rings. The molecule has 0 unspecified atom stereocenters. The predicted octanol–water partition coefficient (Wildman–Crippen LogP) is 3.43. The van der Waals surface area contributed by atoms with Gasteiger partial charge in [0.2, 0.25) is 6.33 Å². The van der Waals surface area contributed by atoms with Crippen molar-refractivity contribution in [2.24, 2.45) is 0 Å². The summed E-state index contributed by atoms with van der Waals surface area (Å²) < 4.78 is 3.79. The van der Waals surface area contributed by atoms with Crippen LogP contribution in [-0.2, 0) is 4.79 Å². The molecule has 126 valence electrons. The largest absolute Gasteiger partial charge is 0.322 e. The van der Waals surface area contributed by atoms with Crippen LogP contribution in [0, 0.1) is 0 Å². The van der Waals surface area contributed by atoms with Gasteiger partial charge in [-0.1, -0.05) is 30.8 Å². The average molecular weight is 334 g/mol. The van der Waals surface area contributed by atoms with Gasteiger partial charge in [0, 0.05) is 11.3 Å². The Bertz CT molecular complexity index is 972. The summed E-state index contributed by atoms with van der Waals surface area (Å²) in [5.41, 5.74) is 3.11. The first kappa shape index (κ1) is 16.6. The van der Waals surface area contributed by atoms with Gasteiger partial charge in [-0.15, -0.1) is 0 Å². The van der Waals surface area contributed by atoms with Crippen molar-refractivity contribution in [1.29, 1.82) is 0 Å². The number of nitrogens with zero attached hydrogens (tertiary/aromatic N) is 2. The minimum atomic E-state index is -0.424. The number of benzene rings is 2. The number of para-hydroxylation sites is 2. The molecule has 0 saturated heterocycles. The van der Waals surface area contributed by atoms with Crippen LogP contribution in [0.15, 0.2) is 61.4 Å². The number of aromatic nitrogens is 2. The number of carbonyl (C=O) groups excluding carboxylic acids is 2. The summed E-state index contributed by atoms with van der Waals surface area (Å²) in [5.74, 6) is -0.190. The molecule has 0 bridgehead atoms. The Kier molecular flexibility index (Phi) is 4.48. The lowest BCUT2D eigenvalue weighted by Gasteiger charge is -2.11. The maximum absolute atomic E-state index is 12.7. The van der Waals surface area contributed by atoms with Gasteiger partial charge >= 0.3 is 0 Å². The van der Waals surface area contributed by atoms with Gasteiger partial charge in [0.25, 0.3) is 5.91 Å². The molecule has 1 N–H and O–H groups in total. The van der Waals surface area contributed by atoms with Crippen molar-refractivity contribution in [3.63, 3.8) is 0 Å². The highest BCUT2D eigenvalue weighted by Crippen LogP contribution is 2.16. The van der Waals surface area contributed by atoms with E-state index < -0.39 is 6.04 Å². The van der Waals surface area contributed by atoms with E-state index in [0.717, 1.165) is 11.0 Å². The Balaban J connectivity index is 1.90. The summed E-state index contributed by atoms with van der Waals surface area (Å²) in [6.45, 7) is 7.15. The Labute approximate surface area is 146 Å². The van der Waals surface area contributed by atoms with Gasteiger partial charge in [-0.25, -0.2) is 9.13 Å². The molecule has 5 nitrogen and oxygen atoms in total. The summed E-state index contributed by atoms with van der Waals surface area (Å²) in [6, 6.07) is 14.4. The molecule has 0 fully saturated rings. The molecule has 1 atom stereocenters. The first-order valence-corrected chi connectivity index (χ1v) is 8.06. The second kappa shape index (κ2) is 6.73. The van der Waals surface area contributed by atoms with Crippen LogP contribution < -0.4 is 9.88 Å². The molecule has 1 amide bonds. The van der Waals surface area contributed by atoms with Crippen LogP contribution in [0.3, 0.4) is 0 Å². The number of anilines is 1. The van der Waals surface area contributed by atoms with Gasteiger partial charge in [0.15, 0.2) is 22.9 Å². The summed E-state index contributed by atoms with van der Waals surface area (Å²) in [6.07, 6.45) is 3.56. The number of nitrogens with one attached hydrogen (secondary N) is 1. The molecule has 0 aliphatic carbocycles. The summed E-state index contributed by atoms with van der Waals surface area (Å²) in [4.78, 5) is 24.2. The van der Waals surface area contributed by atoms with Crippen LogP contribution in [0.5, 0.6) is 0 Å². The van der Waals surface area contributed by atoms with Gasteiger partial charge in [0.05, 0.1) is 6.20 Å². The molecule has 0 saturated carbocycles. The van der Waals surface area contributed by atoms with Crippen LogP contribution in [0.1, 0.15) is 30.2 Å². The third-order valence-corrected chi connectivity index (χ3v) is 4.22. The van der Waals surface area contributed by atoms with Crippen LogP contribution in [0.4, 0.5) is 5.69 Å². The van der Waals surface area contributed by atoms with Gasteiger partial charge < -0.3 is 5.32 Å². The third kappa shape index (κ3) is 3.21. The molecular formula is C20H20N3O2+. The summed E-state index contributed by atoms with van der Waals surface area (Å²) in [7, 11) is 0. The Morgan fingerprint density at radius 1 is 1.20 bits per heavy atom. The van der Waals surface area contributed by atoms with Gasteiger partial charge in [-0.05, 0) is 38.1 Å². The molecule has 25 heavy (non-hydrogen) atoms. The number of fused-ring (bicyclic) bond motifs is 1. The van der Waals surface area contributed by atoms with Crippen LogP contribution in [0.25, 0.3) is 17.2 Å². The number of imidazole rings is 1. The van der Waals surface area contributed by atoms with Crippen LogP contribution in [0.2, 0.25) is 0 Å². The highest BCUT2D eigenvalue weighted by molar-refractivity contribution is 5.97. The molecule has 0 radical (unpaired) electrons. The van der Waals surface area contributed by atoms with Crippen LogP contribution >= 0.6 is 0 Å². The van der Waals surface area contributed by atoms with E-state index >= 15 is 0 Å². The Morgan fingerprint density at radius 3 is 2.68 bits per heavy atom. The minimum Gasteiger partial charge on any atom is -0.322 e. The Morgan fingerprint density at radius 2 is 1.96 bits per heavy atom. The second-order valence-electron chi connectivity index (χ2n) is 5.90. The molecule has 0 spiro atoms. The Hall–Kier alpha value is -3.21. The monoisotopic (exact) mass is 334 g/mol. The van der Waals surface area contributed by atoms with Crippen molar-refractivity contribution < 1.29 is 14.2 Å². The first-order chi connectivity index (χ1) is 12.0. The average Bonchev–Trinajstić information content (AvgIpc) is 3.00. The van der Waals surface area contributed by atoms with Crippen molar-refractivity contribution >= 4 is 34.6 Å². The summed E-state index contributed by atoms with van der Waals surface area (Å²) >= 11 is 0. The van der Waals surface area contributed by atoms with Crippen molar-refractivity contribution in [2.75, 3.05) is 5.32 Å². The molecule has 5 heteroatoms. The van der Waals surface area contributed by atoms with Crippen molar-refractivity contribution in [3.8, 4) is 0 Å². The number of hydrogen-bond acceptors (Lipinski definition) is 2. The molecular weight excluding hydrogens is 314 g/mol. The van der Waals surface area contributed by atoms with E-state index in [1.165, 1.54) is 6.92 Å². The van der Waals surface area contributed by atoms with Crippen molar-refractivity contribution in [3.05, 3.63) is 67.0 Å². The van der Waals surface area contributed by atoms with E-state index in [9.17, 15) is 9.59 Å². The van der Waals surface area contributed by atoms with Gasteiger partial charge in [-0.2, -0.15) is 0 Å². The molecule has 3 aromatic rings. The highest BCUT2D eigenvalue weighted by Gasteiger charge is 2.24. The van der Waals surface area contributed by atoms with E-state index in [2.05, 4.69) is 11.9 Å². The van der Waals surface area contributed by atoms with E-state index in [1.54, 1.807) is 30.5 Å². The van der Waals surface area contributed by atoms with Crippen molar-refractivity contribution in [1.82, 2.24) is 4.57 Å². The van der Waals surface area contributed by atoms with Gasteiger partial charge in [0.1, 0.15) is 0 Å². The minimum absolute atomic E-state index is 0.0347. The number of ketones is 1. The maximum Gasteiger partial charge on any atom is 0.269 e. The third-order valence-electron chi connectivity index (χ3n) is 4.22. The second-order valence-corrected chi connectivity index (χ2v) is 5.90. The molecule has 1 aromatic heterocycles. The number of rotatable bonds is 5. The standard InChI is InChI=1S/C20H19N3O2/c1-4-22-13-23(19-11-6-5-10-18(19)22)14(2)20(25)21-17-9-7-8-16(12-17)15(3)24/h4-14H,1H2,2-3H3/p+1/t14-/m1/s1. The van der Waals surface area contributed by atoms with Crippen molar-refractivity contribution in [2.45, 2.75) is 19.9 Å². The fraction of sp³-hybridized carbons (Fsp3) is 0.150. The molecule has 2 aromatic carbocycles. The topological polar surface area (TPSA) is 55.0 Å². The van der Waals surface area contributed by atoms with E-state index in [1.807, 2.05) is 46.7 Å². The smallest absolute Gasteiger partial charge is 0.269 e. The predicted molar refractivity (Wildman–Crippen MR) is 98.3 cm³/mol. The maximum atomic E-state index is 12.7. The number of carbonyl (C=O) groups is 2. The molecule has 3 rings (SSSR count). The zero-order chi connectivity index (χ0) is 18.0. The van der Waals surface area contributed by atoms with E-state index in [0.29, 0.717) is 11.3 Å². The highest BCUT2D eigenvalue weighted by atomic mass is 16.2. The number of amides is 1. The lowest BCUT2D eigenvalue weighted by Crippen LogP contribution is -2.43. The number of Topliss-reactive ketones (excluding diaryl/α,β-unsaturated/α-hetero) is 1. The van der Waals surface area contributed by atoms with E-state index in [4.69, 9.17) is 0 Å². The molecule has 1 heterocycles. The van der Waals surface area contributed by atoms with E-state index in [-0.39, 0.29) is 11.7 Å². The molecule has 0 aliphatic heterocycles. The summed E-state index contributed by atoms with van der Waals surface area (Å²) in [5, 5.41) is 2.88. The zero-order valence-electron chi connectivity index (χ0n) is 14.3. The quantitative estimate of drug-likeness (QED) is 0.574. The normalized spacial score (nSPS) is 11.9. The zero-order valence-corrected chi connectivity index (χ0v) is 14.3. The first-order valence-electron chi connectivity index (χ1n) is 8.06.